The van der Waals surface area contributed by atoms with E-state index >= 15 is 0 Å². The maximum atomic E-state index is 11.5. The molecule has 2 rings (SSSR count). The summed E-state index contributed by atoms with van der Waals surface area (Å²) in [5, 5.41) is 8.89. The van der Waals surface area contributed by atoms with Gasteiger partial charge in [0.25, 0.3) is 0 Å². The van der Waals surface area contributed by atoms with Gasteiger partial charge in [0.15, 0.2) is 0 Å². The number of rotatable bonds is 3. The molecule has 0 unspecified atom stereocenters. The van der Waals surface area contributed by atoms with Crippen molar-refractivity contribution in [2.75, 3.05) is 11.4 Å². The van der Waals surface area contributed by atoms with E-state index in [-0.39, 0.29) is 5.91 Å². The zero-order chi connectivity index (χ0) is 12.4. The highest BCUT2D eigenvalue weighted by Gasteiger charge is 2.22. The van der Waals surface area contributed by atoms with Gasteiger partial charge in [-0.3, -0.25) is 9.59 Å². The number of hydrogen-bond acceptors (Lipinski definition) is 2. The summed E-state index contributed by atoms with van der Waals surface area (Å²) < 4.78 is 0. The van der Waals surface area contributed by atoms with Gasteiger partial charge in [-0.05, 0) is 31.0 Å². The van der Waals surface area contributed by atoms with Crippen LogP contribution in [0.5, 0.6) is 0 Å². The molecular weight excluding hydrogens is 218 g/mol. The number of carbonyl (C=O) groups is 2. The molecule has 1 N–H and O–H groups in total. The Kier molecular flexibility index (Phi) is 3.13. The Balaban J connectivity index is 2.18. The summed E-state index contributed by atoms with van der Waals surface area (Å²) in [7, 11) is 0. The van der Waals surface area contributed by atoms with E-state index in [0.29, 0.717) is 6.42 Å². The summed E-state index contributed by atoms with van der Waals surface area (Å²) in [5.74, 6) is -1.21. The van der Waals surface area contributed by atoms with Gasteiger partial charge >= 0.3 is 5.97 Å². The summed E-state index contributed by atoms with van der Waals surface area (Å²) in [4.78, 5) is 24.1. The van der Waals surface area contributed by atoms with Crippen molar-refractivity contribution in [2.24, 2.45) is 0 Å². The van der Waals surface area contributed by atoms with Crippen molar-refractivity contribution in [1.82, 2.24) is 0 Å². The van der Waals surface area contributed by atoms with E-state index in [1.165, 1.54) is 0 Å². The summed E-state index contributed by atoms with van der Waals surface area (Å²) in [6.45, 7) is 2.41. The van der Waals surface area contributed by atoms with Crippen molar-refractivity contribution in [1.29, 1.82) is 0 Å². The number of anilines is 1. The highest BCUT2D eigenvalue weighted by Crippen LogP contribution is 2.24. The van der Waals surface area contributed by atoms with Crippen LogP contribution in [0.1, 0.15) is 31.2 Å². The van der Waals surface area contributed by atoms with E-state index < -0.39 is 11.9 Å². The first kappa shape index (κ1) is 11.6. The normalized spacial score (nSPS) is 17.2. The lowest BCUT2D eigenvalue weighted by molar-refractivity contribution is -0.138. The second kappa shape index (κ2) is 4.57. The summed E-state index contributed by atoms with van der Waals surface area (Å²) >= 11 is 0. The van der Waals surface area contributed by atoms with Gasteiger partial charge in [0.2, 0.25) is 5.91 Å². The SMILES string of the molecule is C[C@H](C(=O)O)c1ccc(N2CCCC2=O)cc1. The van der Waals surface area contributed by atoms with Crippen molar-refractivity contribution in [3.63, 3.8) is 0 Å². The first-order valence-electron chi connectivity index (χ1n) is 5.72. The van der Waals surface area contributed by atoms with Crippen LogP contribution in [0.15, 0.2) is 24.3 Å². The van der Waals surface area contributed by atoms with E-state index in [0.717, 1.165) is 24.2 Å². The fraction of sp³-hybridized carbons (Fsp3) is 0.385. The van der Waals surface area contributed by atoms with E-state index in [2.05, 4.69) is 0 Å². The monoisotopic (exact) mass is 233 g/mol. The van der Waals surface area contributed by atoms with Crippen molar-refractivity contribution in [3.8, 4) is 0 Å². The minimum Gasteiger partial charge on any atom is -0.481 e. The molecule has 1 aromatic carbocycles. The van der Waals surface area contributed by atoms with Gasteiger partial charge in [-0.15, -0.1) is 0 Å². The summed E-state index contributed by atoms with van der Waals surface area (Å²) in [6, 6.07) is 7.19. The van der Waals surface area contributed by atoms with Gasteiger partial charge in [-0.1, -0.05) is 12.1 Å². The van der Waals surface area contributed by atoms with Gasteiger partial charge in [-0.25, -0.2) is 0 Å². The highest BCUT2D eigenvalue weighted by atomic mass is 16.4. The molecule has 4 nitrogen and oxygen atoms in total. The Hall–Kier alpha value is -1.84. The van der Waals surface area contributed by atoms with E-state index in [1.54, 1.807) is 24.0 Å². The number of carboxylic acids is 1. The number of carbonyl (C=O) groups excluding carboxylic acids is 1. The summed E-state index contributed by atoms with van der Waals surface area (Å²) in [6.07, 6.45) is 1.50. The molecular formula is C13H15NO3. The standard InChI is InChI=1S/C13H15NO3/c1-9(13(16)17)10-4-6-11(7-5-10)14-8-2-3-12(14)15/h4-7,9H,2-3,8H2,1H3,(H,16,17)/t9-/m0/s1. The average molecular weight is 233 g/mol. The fourth-order valence-corrected chi connectivity index (χ4v) is 2.01. The molecule has 1 atom stereocenters. The van der Waals surface area contributed by atoms with Gasteiger partial charge in [0.05, 0.1) is 5.92 Å². The third-order valence-electron chi connectivity index (χ3n) is 3.15. The van der Waals surface area contributed by atoms with Crippen LogP contribution in [0, 0.1) is 0 Å². The smallest absolute Gasteiger partial charge is 0.310 e. The summed E-state index contributed by atoms with van der Waals surface area (Å²) in [5.41, 5.74) is 1.61. The second-order valence-electron chi connectivity index (χ2n) is 4.30. The lowest BCUT2D eigenvalue weighted by Crippen LogP contribution is -2.23. The average Bonchev–Trinajstić information content (AvgIpc) is 2.74. The molecule has 4 heteroatoms. The van der Waals surface area contributed by atoms with Crippen LogP contribution < -0.4 is 4.90 Å². The van der Waals surface area contributed by atoms with Crippen molar-refractivity contribution < 1.29 is 14.7 Å². The molecule has 90 valence electrons. The molecule has 1 aliphatic rings. The van der Waals surface area contributed by atoms with Gasteiger partial charge in [-0.2, -0.15) is 0 Å². The van der Waals surface area contributed by atoms with Crippen LogP contribution in [-0.4, -0.2) is 23.5 Å². The Morgan fingerprint density at radius 3 is 2.47 bits per heavy atom. The highest BCUT2D eigenvalue weighted by molar-refractivity contribution is 5.95. The zero-order valence-corrected chi connectivity index (χ0v) is 9.72. The van der Waals surface area contributed by atoms with Crippen LogP contribution >= 0.6 is 0 Å². The Morgan fingerprint density at radius 1 is 1.35 bits per heavy atom. The maximum Gasteiger partial charge on any atom is 0.310 e. The molecule has 0 aliphatic carbocycles. The van der Waals surface area contributed by atoms with Crippen LogP contribution in [-0.2, 0) is 9.59 Å². The molecule has 1 saturated heterocycles. The quantitative estimate of drug-likeness (QED) is 0.868. The minimum absolute atomic E-state index is 0.143. The predicted molar refractivity (Wildman–Crippen MR) is 64.1 cm³/mol. The first-order valence-corrected chi connectivity index (χ1v) is 5.72. The maximum absolute atomic E-state index is 11.5. The van der Waals surface area contributed by atoms with Crippen molar-refractivity contribution in [3.05, 3.63) is 29.8 Å². The van der Waals surface area contributed by atoms with Crippen LogP contribution in [0.2, 0.25) is 0 Å². The van der Waals surface area contributed by atoms with Gasteiger partial charge < -0.3 is 10.0 Å². The molecule has 0 spiro atoms. The van der Waals surface area contributed by atoms with Crippen molar-refractivity contribution >= 4 is 17.6 Å². The Morgan fingerprint density at radius 2 is 2.00 bits per heavy atom. The molecule has 1 fully saturated rings. The number of aliphatic carboxylic acids is 1. The molecule has 1 amide bonds. The number of hydrogen-bond donors (Lipinski definition) is 1. The molecule has 1 aromatic rings. The van der Waals surface area contributed by atoms with Gasteiger partial charge in [0.1, 0.15) is 0 Å². The topological polar surface area (TPSA) is 57.6 Å². The Bertz CT molecular complexity index is 438. The zero-order valence-electron chi connectivity index (χ0n) is 9.72. The number of carboxylic acid groups (broad SMARTS) is 1. The molecule has 0 bridgehead atoms. The van der Waals surface area contributed by atoms with E-state index in [1.807, 2.05) is 12.1 Å². The lowest BCUT2D eigenvalue weighted by Gasteiger charge is -2.16. The lowest BCUT2D eigenvalue weighted by atomic mass is 10.0. The number of amides is 1. The molecule has 0 saturated carbocycles. The molecule has 0 aromatic heterocycles. The first-order chi connectivity index (χ1) is 8.09. The third-order valence-corrected chi connectivity index (χ3v) is 3.15. The van der Waals surface area contributed by atoms with E-state index in [4.69, 9.17) is 5.11 Å². The largest absolute Gasteiger partial charge is 0.481 e. The third kappa shape index (κ3) is 2.30. The van der Waals surface area contributed by atoms with Gasteiger partial charge in [0, 0.05) is 18.7 Å². The predicted octanol–water partition coefficient (Wildman–Crippen LogP) is 2.00. The second-order valence-corrected chi connectivity index (χ2v) is 4.30. The molecule has 1 heterocycles. The number of nitrogens with zero attached hydrogens (tertiary/aromatic N) is 1. The Labute approximate surface area is 99.9 Å². The number of benzene rings is 1. The van der Waals surface area contributed by atoms with Crippen molar-refractivity contribution in [2.45, 2.75) is 25.7 Å². The molecule has 17 heavy (non-hydrogen) atoms. The van der Waals surface area contributed by atoms with Crippen LogP contribution in [0.25, 0.3) is 0 Å². The fourth-order valence-electron chi connectivity index (χ4n) is 2.01. The van der Waals surface area contributed by atoms with Crippen LogP contribution in [0.4, 0.5) is 5.69 Å². The van der Waals surface area contributed by atoms with Crippen LogP contribution in [0.3, 0.4) is 0 Å². The molecule has 0 radical (unpaired) electrons. The molecule has 1 aliphatic heterocycles. The van der Waals surface area contributed by atoms with E-state index in [9.17, 15) is 9.59 Å². The minimum atomic E-state index is -0.838.